The number of nitrogens with one attached hydrogen (secondary N) is 1. The molecule has 0 amide bonds. The summed E-state index contributed by atoms with van der Waals surface area (Å²) in [6.45, 7) is 0.934. The van der Waals surface area contributed by atoms with E-state index in [4.69, 9.17) is 0 Å². The van der Waals surface area contributed by atoms with Gasteiger partial charge in [-0.15, -0.1) is 0 Å². The molecule has 0 saturated heterocycles. The highest BCUT2D eigenvalue weighted by Crippen LogP contribution is 2.43. The van der Waals surface area contributed by atoms with Gasteiger partial charge < -0.3 is 10.2 Å². The maximum atomic E-state index is 3.36. The lowest BCUT2D eigenvalue weighted by atomic mass is 9.88. The quantitative estimate of drug-likeness (QED) is 0.813. The lowest BCUT2D eigenvalue weighted by Crippen LogP contribution is -2.22. The minimum absolute atomic E-state index is 0.425. The SMILES string of the molecule is C1=C2c3ccccc3C(/C=C/C3CCCCC3)N2CN1. The molecule has 1 saturated carbocycles. The summed E-state index contributed by atoms with van der Waals surface area (Å²) < 4.78 is 0. The van der Waals surface area contributed by atoms with Gasteiger partial charge in [-0.3, -0.25) is 0 Å². The van der Waals surface area contributed by atoms with Crippen LogP contribution in [0.15, 0.2) is 42.6 Å². The first-order chi connectivity index (χ1) is 9.93. The Morgan fingerprint density at radius 3 is 2.80 bits per heavy atom. The monoisotopic (exact) mass is 266 g/mol. The van der Waals surface area contributed by atoms with Gasteiger partial charge in [-0.1, -0.05) is 55.7 Å². The maximum absolute atomic E-state index is 3.36. The van der Waals surface area contributed by atoms with Crippen LogP contribution in [0.5, 0.6) is 0 Å². The molecule has 0 radical (unpaired) electrons. The molecule has 0 aromatic heterocycles. The normalized spacial score (nSPS) is 25.5. The van der Waals surface area contributed by atoms with Gasteiger partial charge in [0.15, 0.2) is 0 Å². The highest BCUT2D eigenvalue weighted by atomic mass is 15.3. The van der Waals surface area contributed by atoms with E-state index >= 15 is 0 Å². The lowest BCUT2D eigenvalue weighted by Gasteiger charge is -2.23. The van der Waals surface area contributed by atoms with Crippen LogP contribution in [0.3, 0.4) is 0 Å². The van der Waals surface area contributed by atoms with Crippen molar-refractivity contribution in [2.75, 3.05) is 6.67 Å². The van der Waals surface area contributed by atoms with E-state index in [1.54, 1.807) is 0 Å². The van der Waals surface area contributed by atoms with Gasteiger partial charge in [0, 0.05) is 11.8 Å². The van der Waals surface area contributed by atoms with Gasteiger partial charge in [0.2, 0.25) is 0 Å². The summed E-state index contributed by atoms with van der Waals surface area (Å²) >= 11 is 0. The van der Waals surface area contributed by atoms with Crippen molar-refractivity contribution in [1.29, 1.82) is 0 Å². The zero-order valence-electron chi connectivity index (χ0n) is 11.9. The summed E-state index contributed by atoms with van der Waals surface area (Å²) in [7, 11) is 0. The Hall–Kier alpha value is -1.70. The van der Waals surface area contributed by atoms with Crippen molar-refractivity contribution in [3.8, 4) is 0 Å². The summed E-state index contributed by atoms with van der Waals surface area (Å²) in [5, 5.41) is 3.36. The Morgan fingerprint density at radius 1 is 1.05 bits per heavy atom. The number of benzene rings is 1. The van der Waals surface area contributed by atoms with Gasteiger partial charge in [0.25, 0.3) is 0 Å². The van der Waals surface area contributed by atoms with E-state index < -0.39 is 0 Å². The molecule has 1 atom stereocenters. The molecule has 0 spiro atoms. The van der Waals surface area contributed by atoms with E-state index in [1.165, 1.54) is 48.9 Å². The molecule has 1 fully saturated rings. The Morgan fingerprint density at radius 2 is 1.90 bits per heavy atom. The van der Waals surface area contributed by atoms with Crippen LogP contribution in [0.2, 0.25) is 0 Å². The molecule has 1 aromatic rings. The van der Waals surface area contributed by atoms with Gasteiger partial charge in [0.05, 0.1) is 18.4 Å². The molecule has 20 heavy (non-hydrogen) atoms. The summed E-state index contributed by atoms with van der Waals surface area (Å²) in [5.74, 6) is 0.805. The van der Waals surface area contributed by atoms with Gasteiger partial charge in [-0.25, -0.2) is 0 Å². The lowest BCUT2D eigenvalue weighted by molar-refractivity contribution is 0.368. The second-order valence-electron chi connectivity index (χ2n) is 6.18. The number of fused-ring (bicyclic) bond motifs is 3. The van der Waals surface area contributed by atoms with Crippen molar-refractivity contribution in [3.05, 3.63) is 53.7 Å². The van der Waals surface area contributed by atoms with Gasteiger partial charge in [-0.2, -0.15) is 0 Å². The highest BCUT2D eigenvalue weighted by Gasteiger charge is 2.33. The van der Waals surface area contributed by atoms with E-state index in [2.05, 4.69) is 52.8 Å². The molecule has 0 bridgehead atoms. The fraction of sp³-hybridized carbons (Fsp3) is 0.444. The van der Waals surface area contributed by atoms with Crippen LogP contribution in [0.1, 0.15) is 49.3 Å². The van der Waals surface area contributed by atoms with Gasteiger partial charge in [0.1, 0.15) is 0 Å². The topological polar surface area (TPSA) is 15.3 Å². The summed E-state index contributed by atoms with van der Waals surface area (Å²) in [4.78, 5) is 2.48. The van der Waals surface area contributed by atoms with E-state index in [-0.39, 0.29) is 0 Å². The minimum Gasteiger partial charge on any atom is -0.372 e. The van der Waals surface area contributed by atoms with Crippen molar-refractivity contribution >= 4 is 5.70 Å². The summed E-state index contributed by atoms with van der Waals surface area (Å²) in [6, 6.07) is 9.26. The van der Waals surface area contributed by atoms with E-state index in [9.17, 15) is 0 Å². The molecule has 1 N–H and O–H groups in total. The van der Waals surface area contributed by atoms with Crippen LogP contribution in [0, 0.1) is 5.92 Å². The predicted molar refractivity (Wildman–Crippen MR) is 82.7 cm³/mol. The Bertz CT molecular complexity index is 552. The fourth-order valence-electron chi connectivity index (χ4n) is 3.84. The maximum Gasteiger partial charge on any atom is 0.0882 e. The number of hydrogen-bond donors (Lipinski definition) is 1. The van der Waals surface area contributed by atoms with Gasteiger partial charge in [-0.05, 0) is 24.3 Å². The van der Waals surface area contributed by atoms with Crippen LogP contribution in [-0.2, 0) is 0 Å². The van der Waals surface area contributed by atoms with Crippen molar-refractivity contribution in [2.45, 2.75) is 38.1 Å². The Kier molecular flexibility index (Phi) is 3.02. The smallest absolute Gasteiger partial charge is 0.0882 e. The predicted octanol–water partition coefficient (Wildman–Crippen LogP) is 4.04. The van der Waals surface area contributed by atoms with Crippen LogP contribution >= 0.6 is 0 Å². The average Bonchev–Trinajstić information content (AvgIpc) is 3.07. The first-order valence-electron chi connectivity index (χ1n) is 7.91. The average molecular weight is 266 g/mol. The Labute approximate surface area is 121 Å². The molecule has 1 unspecified atom stereocenters. The molecular formula is C18H22N2. The standard InChI is InChI=1S/C18H22N2/c1-2-6-14(7-3-1)10-11-17-15-8-4-5-9-16(15)18-12-19-13-20(17)18/h4-5,8-12,14,17,19H,1-3,6-7,13H2/b11-10+. The molecular weight excluding hydrogens is 244 g/mol. The second kappa shape index (κ2) is 5.01. The molecule has 1 aliphatic carbocycles. The van der Waals surface area contributed by atoms with E-state index in [1.807, 2.05) is 0 Å². The first-order valence-corrected chi connectivity index (χ1v) is 7.91. The molecule has 2 heteroatoms. The number of rotatable bonds is 2. The summed E-state index contributed by atoms with van der Waals surface area (Å²) in [5.41, 5.74) is 4.22. The van der Waals surface area contributed by atoms with E-state index in [0.717, 1.165) is 12.6 Å². The number of hydrogen-bond acceptors (Lipinski definition) is 2. The summed E-state index contributed by atoms with van der Waals surface area (Å²) in [6.07, 6.45) is 14.1. The van der Waals surface area contributed by atoms with Crippen LogP contribution in [0.25, 0.3) is 5.70 Å². The Balaban J connectivity index is 1.61. The van der Waals surface area contributed by atoms with Crippen molar-refractivity contribution < 1.29 is 0 Å². The van der Waals surface area contributed by atoms with Crippen LogP contribution < -0.4 is 5.32 Å². The molecule has 1 aromatic carbocycles. The van der Waals surface area contributed by atoms with Crippen LogP contribution in [-0.4, -0.2) is 11.6 Å². The molecule has 3 aliphatic rings. The molecule has 2 nitrogen and oxygen atoms in total. The second-order valence-corrected chi connectivity index (χ2v) is 6.18. The molecule has 2 heterocycles. The van der Waals surface area contributed by atoms with E-state index in [0.29, 0.717) is 6.04 Å². The highest BCUT2D eigenvalue weighted by molar-refractivity contribution is 5.74. The third-order valence-electron chi connectivity index (χ3n) is 4.92. The zero-order chi connectivity index (χ0) is 13.4. The molecule has 104 valence electrons. The third kappa shape index (κ3) is 1.94. The largest absolute Gasteiger partial charge is 0.372 e. The number of nitrogens with zero attached hydrogens (tertiary/aromatic N) is 1. The van der Waals surface area contributed by atoms with Gasteiger partial charge >= 0.3 is 0 Å². The van der Waals surface area contributed by atoms with Crippen molar-refractivity contribution in [3.63, 3.8) is 0 Å². The first kappa shape index (κ1) is 12.1. The molecule has 2 aliphatic heterocycles. The van der Waals surface area contributed by atoms with Crippen molar-refractivity contribution in [1.82, 2.24) is 10.2 Å². The minimum atomic E-state index is 0.425. The van der Waals surface area contributed by atoms with Crippen molar-refractivity contribution in [2.24, 2.45) is 5.92 Å². The zero-order valence-corrected chi connectivity index (χ0v) is 11.9. The fourth-order valence-corrected chi connectivity index (χ4v) is 3.84. The molecule has 4 rings (SSSR count). The number of allylic oxidation sites excluding steroid dienone is 1. The third-order valence-corrected chi connectivity index (χ3v) is 4.92. The van der Waals surface area contributed by atoms with Crippen LogP contribution in [0.4, 0.5) is 0 Å².